The van der Waals surface area contributed by atoms with Crippen LogP contribution in [0, 0.1) is 0 Å². The Morgan fingerprint density at radius 3 is 2.25 bits per heavy atom. The maximum atomic E-state index is 13.8. The van der Waals surface area contributed by atoms with Gasteiger partial charge >= 0.3 is 0 Å². The largest absolute Gasteiger partial charge is 0.497 e. The van der Waals surface area contributed by atoms with Crippen molar-refractivity contribution in [3.05, 3.63) is 126 Å². The van der Waals surface area contributed by atoms with Crippen LogP contribution in [-0.2, 0) is 13.5 Å². The number of nitrogens with one attached hydrogen (secondary N) is 1. The summed E-state index contributed by atoms with van der Waals surface area (Å²) in [5, 5.41) is 8.09. The summed E-state index contributed by atoms with van der Waals surface area (Å²) in [4.78, 5) is 13.8. The fraction of sp³-hybridized carbons (Fsp3) is 0.133. The number of ether oxygens (including phenoxy) is 1. The first kappa shape index (κ1) is 23.2. The Bertz CT molecular complexity index is 1440. The van der Waals surface area contributed by atoms with Crippen LogP contribution in [0.2, 0.25) is 0 Å². The topological polar surface area (TPSA) is 61.1 Å². The highest BCUT2D eigenvalue weighted by molar-refractivity contribution is 5.94. The van der Waals surface area contributed by atoms with Gasteiger partial charge in [0.25, 0.3) is 5.91 Å². The summed E-state index contributed by atoms with van der Waals surface area (Å²) in [5.74, 6) is 0.551. The molecule has 3 aromatic carbocycles. The fourth-order valence-electron chi connectivity index (χ4n) is 4.34. The molecule has 0 fully saturated rings. The van der Waals surface area contributed by atoms with E-state index in [9.17, 15) is 4.79 Å². The number of amides is 1. The third kappa shape index (κ3) is 4.93. The summed E-state index contributed by atoms with van der Waals surface area (Å²) in [6, 6.07) is 33.4. The van der Waals surface area contributed by atoms with Crippen LogP contribution < -0.4 is 10.1 Å². The van der Waals surface area contributed by atoms with E-state index in [-0.39, 0.29) is 11.9 Å². The quantitative estimate of drug-likeness (QED) is 0.317. The zero-order valence-corrected chi connectivity index (χ0v) is 20.3. The van der Waals surface area contributed by atoms with Crippen LogP contribution in [0.1, 0.15) is 27.7 Å². The molecule has 5 rings (SSSR count). The molecule has 5 aromatic rings. The van der Waals surface area contributed by atoms with Gasteiger partial charge in [-0.05, 0) is 60.0 Å². The van der Waals surface area contributed by atoms with Crippen molar-refractivity contribution in [1.82, 2.24) is 19.7 Å². The van der Waals surface area contributed by atoms with E-state index in [2.05, 4.69) is 17.4 Å². The number of aromatic nitrogens is 3. The molecular formula is C30H28N4O2. The first-order valence-electron chi connectivity index (χ1n) is 11.9. The van der Waals surface area contributed by atoms with Gasteiger partial charge in [0.05, 0.1) is 24.5 Å². The summed E-state index contributed by atoms with van der Waals surface area (Å²) in [6.45, 7) is 0. The highest BCUT2D eigenvalue weighted by Gasteiger charge is 2.22. The molecule has 0 spiro atoms. The van der Waals surface area contributed by atoms with Crippen LogP contribution in [0.15, 0.2) is 109 Å². The van der Waals surface area contributed by atoms with Crippen LogP contribution in [-0.4, -0.2) is 27.4 Å². The van der Waals surface area contributed by atoms with Crippen molar-refractivity contribution in [3.8, 4) is 22.8 Å². The summed E-state index contributed by atoms with van der Waals surface area (Å²) in [7, 11) is 3.60. The molecule has 1 atom stereocenters. The predicted molar refractivity (Wildman–Crippen MR) is 141 cm³/mol. The van der Waals surface area contributed by atoms with Gasteiger partial charge in [-0.15, -0.1) is 0 Å². The number of carbonyl (C=O) groups excluding carboxylic acids is 1. The van der Waals surface area contributed by atoms with Crippen LogP contribution in [0.5, 0.6) is 5.75 Å². The molecule has 180 valence electrons. The van der Waals surface area contributed by atoms with E-state index in [1.165, 1.54) is 0 Å². The SMILES string of the molecule is COc1ccc(-n2nc(-c3cccn3C)cc2C(=O)NC(Cc2ccccc2)c2ccccc2)cc1. The number of benzene rings is 3. The molecule has 0 saturated carbocycles. The van der Waals surface area contributed by atoms with E-state index in [0.29, 0.717) is 12.1 Å². The van der Waals surface area contributed by atoms with Gasteiger partial charge in [-0.3, -0.25) is 4.79 Å². The summed E-state index contributed by atoms with van der Waals surface area (Å²) >= 11 is 0. The van der Waals surface area contributed by atoms with Crippen LogP contribution in [0.4, 0.5) is 0 Å². The van der Waals surface area contributed by atoms with Crippen molar-refractivity contribution in [3.63, 3.8) is 0 Å². The summed E-state index contributed by atoms with van der Waals surface area (Å²) in [5.41, 5.74) is 5.10. The van der Waals surface area contributed by atoms with E-state index in [1.54, 1.807) is 11.8 Å². The maximum absolute atomic E-state index is 13.8. The predicted octanol–water partition coefficient (Wildman–Crippen LogP) is 5.60. The second-order valence-corrected chi connectivity index (χ2v) is 8.66. The Hall–Kier alpha value is -4.58. The smallest absolute Gasteiger partial charge is 0.270 e. The molecule has 1 N–H and O–H groups in total. The number of nitrogens with zero attached hydrogens (tertiary/aromatic N) is 3. The molecule has 0 aliphatic heterocycles. The average molecular weight is 477 g/mol. The number of hydrogen-bond acceptors (Lipinski definition) is 3. The molecule has 6 heteroatoms. The minimum absolute atomic E-state index is 0.191. The van der Waals surface area contributed by atoms with Gasteiger partial charge in [0.2, 0.25) is 0 Å². The van der Waals surface area contributed by atoms with Gasteiger partial charge in [-0.25, -0.2) is 4.68 Å². The van der Waals surface area contributed by atoms with E-state index in [0.717, 1.165) is 34.0 Å². The molecule has 0 saturated heterocycles. The number of aryl methyl sites for hydroxylation is 1. The number of methoxy groups -OCH3 is 1. The monoisotopic (exact) mass is 476 g/mol. The third-order valence-corrected chi connectivity index (χ3v) is 6.26. The van der Waals surface area contributed by atoms with E-state index >= 15 is 0 Å². The molecule has 2 aromatic heterocycles. The minimum Gasteiger partial charge on any atom is -0.497 e. The lowest BCUT2D eigenvalue weighted by Crippen LogP contribution is -2.31. The molecule has 0 bridgehead atoms. The van der Waals surface area contributed by atoms with E-state index in [1.807, 2.05) is 109 Å². The van der Waals surface area contributed by atoms with Gasteiger partial charge in [-0.1, -0.05) is 60.7 Å². The normalized spacial score (nSPS) is 11.7. The lowest BCUT2D eigenvalue weighted by atomic mass is 9.98. The molecular weight excluding hydrogens is 448 g/mol. The second-order valence-electron chi connectivity index (χ2n) is 8.66. The van der Waals surface area contributed by atoms with Gasteiger partial charge in [-0.2, -0.15) is 5.10 Å². The van der Waals surface area contributed by atoms with Gasteiger partial charge in [0.15, 0.2) is 0 Å². The number of rotatable bonds is 8. The Labute approximate surface area is 210 Å². The number of hydrogen-bond donors (Lipinski definition) is 1. The zero-order valence-electron chi connectivity index (χ0n) is 20.3. The minimum atomic E-state index is -0.196. The summed E-state index contributed by atoms with van der Waals surface area (Å²) in [6.07, 6.45) is 2.64. The first-order chi connectivity index (χ1) is 17.6. The summed E-state index contributed by atoms with van der Waals surface area (Å²) < 4.78 is 9.00. The molecule has 1 unspecified atom stereocenters. The molecule has 36 heavy (non-hydrogen) atoms. The lowest BCUT2D eigenvalue weighted by molar-refractivity contribution is 0.0928. The Kier molecular flexibility index (Phi) is 6.67. The van der Waals surface area contributed by atoms with Crippen molar-refractivity contribution >= 4 is 5.91 Å². The first-order valence-corrected chi connectivity index (χ1v) is 11.9. The van der Waals surface area contributed by atoms with Crippen molar-refractivity contribution in [2.24, 2.45) is 7.05 Å². The lowest BCUT2D eigenvalue weighted by Gasteiger charge is -2.20. The Morgan fingerprint density at radius 2 is 1.61 bits per heavy atom. The second kappa shape index (κ2) is 10.4. The van der Waals surface area contributed by atoms with Crippen molar-refractivity contribution in [2.45, 2.75) is 12.5 Å². The number of carbonyl (C=O) groups is 1. The Morgan fingerprint density at radius 1 is 0.917 bits per heavy atom. The molecule has 2 heterocycles. The van der Waals surface area contributed by atoms with Gasteiger partial charge in [0.1, 0.15) is 17.1 Å². The average Bonchev–Trinajstić information content (AvgIpc) is 3.56. The van der Waals surface area contributed by atoms with Gasteiger partial charge in [0, 0.05) is 13.2 Å². The molecule has 0 aliphatic rings. The van der Waals surface area contributed by atoms with E-state index < -0.39 is 0 Å². The van der Waals surface area contributed by atoms with Crippen molar-refractivity contribution in [2.75, 3.05) is 7.11 Å². The van der Waals surface area contributed by atoms with Crippen LogP contribution in [0.3, 0.4) is 0 Å². The molecule has 6 nitrogen and oxygen atoms in total. The van der Waals surface area contributed by atoms with Crippen LogP contribution >= 0.6 is 0 Å². The zero-order chi connectivity index (χ0) is 24.9. The molecule has 1 amide bonds. The maximum Gasteiger partial charge on any atom is 0.270 e. The van der Waals surface area contributed by atoms with Crippen molar-refractivity contribution < 1.29 is 9.53 Å². The van der Waals surface area contributed by atoms with Crippen molar-refractivity contribution in [1.29, 1.82) is 0 Å². The van der Waals surface area contributed by atoms with Gasteiger partial charge < -0.3 is 14.6 Å². The third-order valence-electron chi connectivity index (χ3n) is 6.26. The Balaban J connectivity index is 1.52. The standard InChI is InChI=1S/C30H28N4O2/c1-33-19-9-14-28(33)27-21-29(34(32-27)24-15-17-25(36-2)18-16-24)30(35)31-26(23-12-7-4-8-13-23)20-22-10-5-3-6-11-22/h3-19,21,26H,20H2,1-2H3,(H,31,35). The fourth-order valence-corrected chi connectivity index (χ4v) is 4.34. The van der Waals surface area contributed by atoms with Crippen LogP contribution in [0.25, 0.3) is 17.1 Å². The highest BCUT2D eigenvalue weighted by Crippen LogP contribution is 2.25. The molecule has 0 aliphatic carbocycles. The van der Waals surface area contributed by atoms with E-state index in [4.69, 9.17) is 9.84 Å². The molecule has 0 radical (unpaired) electrons. The highest BCUT2D eigenvalue weighted by atomic mass is 16.5.